The molecule has 0 aromatic carbocycles. The van der Waals surface area contributed by atoms with Gasteiger partial charge in [0.2, 0.25) is 0 Å². The predicted octanol–water partition coefficient (Wildman–Crippen LogP) is 2.95. The van der Waals surface area contributed by atoms with E-state index in [9.17, 15) is 0 Å². The van der Waals surface area contributed by atoms with Gasteiger partial charge in [-0.3, -0.25) is 4.90 Å². The van der Waals surface area contributed by atoms with Gasteiger partial charge < -0.3 is 5.32 Å². The van der Waals surface area contributed by atoms with Crippen LogP contribution in [0.3, 0.4) is 0 Å². The fourth-order valence-electron chi connectivity index (χ4n) is 3.64. The highest BCUT2D eigenvalue weighted by Gasteiger charge is 2.45. The first-order chi connectivity index (χ1) is 8.99. The van der Waals surface area contributed by atoms with E-state index in [0.29, 0.717) is 5.54 Å². The first-order valence-corrected chi connectivity index (χ1v) is 8.28. The van der Waals surface area contributed by atoms with Crippen LogP contribution in [-0.4, -0.2) is 34.1 Å². The molecule has 1 saturated carbocycles. The van der Waals surface area contributed by atoms with Crippen LogP contribution in [0.5, 0.6) is 0 Å². The van der Waals surface area contributed by atoms with Crippen LogP contribution in [0.25, 0.3) is 0 Å². The number of aromatic nitrogens is 1. The molecule has 2 heterocycles. The molecule has 0 bridgehead atoms. The van der Waals surface area contributed by atoms with Crippen LogP contribution in [0.1, 0.15) is 50.2 Å². The van der Waals surface area contributed by atoms with E-state index < -0.39 is 0 Å². The number of aryl methyl sites for hydroxylation is 1. The van der Waals surface area contributed by atoms with Gasteiger partial charge in [0.15, 0.2) is 0 Å². The summed E-state index contributed by atoms with van der Waals surface area (Å²) >= 11 is 1.77. The summed E-state index contributed by atoms with van der Waals surface area (Å²) in [4.78, 5) is 7.38. The second-order valence-corrected chi connectivity index (χ2v) is 7.95. The van der Waals surface area contributed by atoms with E-state index in [2.05, 4.69) is 41.4 Å². The minimum atomic E-state index is 0.221. The summed E-state index contributed by atoms with van der Waals surface area (Å²) in [6.07, 6.45) is 5.46. The molecule has 1 aliphatic heterocycles. The highest BCUT2D eigenvalue weighted by Crippen LogP contribution is 2.39. The smallest absolute Gasteiger partial charge is 0.0897 e. The molecule has 1 aromatic heterocycles. The van der Waals surface area contributed by atoms with E-state index >= 15 is 0 Å². The molecule has 1 N–H and O–H groups in total. The molecule has 3 rings (SSSR count). The van der Waals surface area contributed by atoms with Crippen LogP contribution >= 0.6 is 11.3 Å². The average molecular weight is 279 g/mol. The van der Waals surface area contributed by atoms with Gasteiger partial charge in [-0.25, -0.2) is 4.98 Å². The van der Waals surface area contributed by atoms with E-state index in [-0.39, 0.29) is 5.54 Å². The third kappa shape index (κ3) is 2.71. The molecular formula is C15H25N3S. The molecule has 1 spiro atoms. The zero-order valence-corrected chi connectivity index (χ0v) is 13.1. The summed E-state index contributed by atoms with van der Waals surface area (Å²) in [6.45, 7) is 10.0. The quantitative estimate of drug-likeness (QED) is 0.902. The van der Waals surface area contributed by atoms with Crippen molar-refractivity contribution in [3.8, 4) is 0 Å². The van der Waals surface area contributed by atoms with E-state index in [1.54, 1.807) is 11.3 Å². The predicted molar refractivity (Wildman–Crippen MR) is 80.5 cm³/mol. The Balaban J connectivity index is 1.81. The number of hydrogen-bond acceptors (Lipinski definition) is 4. The van der Waals surface area contributed by atoms with Crippen molar-refractivity contribution in [3.63, 3.8) is 0 Å². The standard InChI is InChI=1S/C15H25N3S/c1-12-17-13(9-19-12)8-18-11-14(2,3)16-10-15(18)6-4-5-7-15/h9,16H,4-8,10-11H2,1-3H3. The van der Waals surface area contributed by atoms with E-state index in [1.165, 1.54) is 36.4 Å². The Morgan fingerprint density at radius 3 is 2.74 bits per heavy atom. The van der Waals surface area contributed by atoms with Crippen molar-refractivity contribution in [2.45, 2.75) is 64.1 Å². The van der Waals surface area contributed by atoms with Gasteiger partial charge in [-0.15, -0.1) is 11.3 Å². The fraction of sp³-hybridized carbons (Fsp3) is 0.800. The molecule has 4 heteroatoms. The first-order valence-electron chi connectivity index (χ1n) is 7.40. The molecule has 2 fully saturated rings. The lowest BCUT2D eigenvalue weighted by Gasteiger charge is -2.51. The lowest BCUT2D eigenvalue weighted by atomic mass is 9.87. The molecule has 1 saturated heterocycles. The van der Waals surface area contributed by atoms with Crippen LogP contribution < -0.4 is 5.32 Å². The van der Waals surface area contributed by atoms with Gasteiger partial charge in [-0.1, -0.05) is 12.8 Å². The molecule has 2 aliphatic rings. The molecule has 106 valence electrons. The molecule has 1 aliphatic carbocycles. The van der Waals surface area contributed by atoms with Gasteiger partial charge in [0.05, 0.1) is 10.7 Å². The number of piperazine rings is 1. The Morgan fingerprint density at radius 1 is 1.37 bits per heavy atom. The lowest BCUT2D eigenvalue weighted by molar-refractivity contribution is 0.0114. The highest BCUT2D eigenvalue weighted by molar-refractivity contribution is 7.09. The van der Waals surface area contributed by atoms with Crippen LogP contribution in [0.2, 0.25) is 0 Å². The molecule has 0 radical (unpaired) electrons. The summed E-state index contributed by atoms with van der Waals surface area (Å²) in [5.41, 5.74) is 1.87. The molecule has 0 atom stereocenters. The third-order valence-corrected chi connectivity index (χ3v) is 5.53. The second-order valence-electron chi connectivity index (χ2n) is 6.88. The van der Waals surface area contributed by atoms with E-state index in [4.69, 9.17) is 0 Å². The average Bonchev–Trinajstić information content (AvgIpc) is 2.95. The van der Waals surface area contributed by atoms with E-state index in [1.807, 2.05) is 0 Å². The van der Waals surface area contributed by atoms with Crippen molar-refractivity contribution in [1.29, 1.82) is 0 Å². The molecular weight excluding hydrogens is 254 g/mol. The number of thiazole rings is 1. The van der Waals surface area contributed by atoms with Crippen LogP contribution in [0, 0.1) is 6.92 Å². The zero-order chi connectivity index (χ0) is 13.5. The maximum atomic E-state index is 4.66. The molecule has 0 unspecified atom stereocenters. The summed E-state index contributed by atoms with van der Waals surface area (Å²) in [5.74, 6) is 0. The number of hydrogen-bond donors (Lipinski definition) is 1. The minimum Gasteiger partial charge on any atom is -0.309 e. The van der Waals surface area contributed by atoms with Crippen molar-refractivity contribution in [1.82, 2.24) is 15.2 Å². The van der Waals surface area contributed by atoms with Crippen molar-refractivity contribution in [2.75, 3.05) is 13.1 Å². The maximum absolute atomic E-state index is 4.66. The van der Waals surface area contributed by atoms with Gasteiger partial charge in [0.25, 0.3) is 0 Å². The van der Waals surface area contributed by atoms with Crippen molar-refractivity contribution in [2.24, 2.45) is 0 Å². The number of nitrogens with zero attached hydrogens (tertiary/aromatic N) is 2. The molecule has 3 nitrogen and oxygen atoms in total. The Hall–Kier alpha value is -0.450. The lowest BCUT2D eigenvalue weighted by Crippen LogP contribution is -2.67. The topological polar surface area (TPSA) is 28.2 Å². The largest absolute Gasteiger partial charge is 0.309 e. The van der Waals surface area contributed by atoms with Gasteiger partial charge in [0.1, 0.15) is 0 Å². The highest BCUT2D eigenvalue weighted by atomic mass is 32.1. The molecule has 1 aromatic rings. The van der Waals surface area contributed by atoms with Gasteiger partial charge in [-0.05, 0) is 33.6 Å². The zero-order valence-electron chi connectivity index (χ0n) is 12.3. The van der Waals surface area contributed by atoms with Crippen molar-refractivity contribution < 1.29 is 0 Å². The first kappa shape index (κ1) is 13.5. The Bertz CT molecular complexity index is 446. The fourth-order valence-corrected chi connectivity index (χ4v) is 4.25. The SMILES string of the molecule is Cc1nc(CN2CC(C)(C)NCC23CCCC3)cs1. The van der Waals surface area contributed by atoms with Crippen LogP contribution in [0.4, 0.5) is 0 Å². The van der Waals surface area contributed by atoms with Gasteiger partial charge in [0, 0.05) is 36.1 Å². The maximum Gasteiger partial charge on any atom is 0.0897 e. The van der Waals surface area contributed by atoms with Crippen molar-refractivity contribution >= 4 is 11.3 Å². The molecule has 0 amide bonds. The number of rotatable bonds is 2. The summed E-state index contributed by atoms with van der Waals surface area (Å²) in [7, 11) is 0. The van der Waals surface area contributed by atoms with Crippen molar-refractivity contribution in [3.05, 3.63) is 16.1 Å². The Kier molecular flexibility index (Phi) is 3.44. The van der Waals surface area contributed by atoms with Gasteiger partial charge in [-0.2, -0.15) is 0 Å². The normalized spacial score (nSPS) is 26.1. The van der Waals surface area contributed by atoms with E-state index in [0.717, 1.165) is 19.6 Å². The third-order valence-electron chi connectivity index (χ3n) is 4.71. The Labute approximate surface area is 120 Å². The van der Waals surface area contributed by atoms with Crippen LogP contribution in [-0.2, 0) is 6.54 Å². The molecule has 19 heavy (non-hydrogen) atoms. The summed E-state index contributed by atoms with van der Waals surface area (Å²) in [6, 6.07) is 0. The van der Waals surface area contributed by atoms with Crippen LogP contribution in [0.15, 0.2) is 5.38 Å². The number of nitrogens with one attached hydrogen (secondary N) is 1. The minimum absolute atomic E-state index is 0.221. The monoisotopic (exact) mass is 279 g/mol. The summed E-state index contributed by atoms with van der Waals surface area (Å²) in [5, 5.41) is 7.17. The Morgan fingerprint density at radius 2 is 2.11 bits per heavy atom. The van der Waals surface area contributed by atoms with Gasteiger partial charge >= 0.3 is 0 Å². The summed E-state index contributed by atoms with van der Waals surface area (Å²) < 4.78 is 0. The second kappa shape index (κ2) is 4.83.